The van der Waals surface area contributed by atoms with Gasteiger partial charge in [-0.05, 0) is 37.6 Å². The zero-order chi connectivity index (χ0) is 12.7. The van der Waals surface area contributed by atoms with Crippen LogP contribution in [-0.2, 0) is 0 Å². The van der Waals surface area contributed by atoms with Crippen molar-refractivity contribution in [1.29, 1.82) is 0 Å². The van der Waals surface area contributed by atoms with E-state index in [9.17, 15) is 9.90 Å². The van der Waals surface area contributed by atoms with Crippen molar-refractivity contribution in [2.75, 3.05) is 13.1 Å². The molecule has 1 atom stereocenters. The van der Waals surface area contributed by atoms with Crippen molar-refractivity contribution < 1.29 is 9.90 Å². The van der Waals surface area contributed by atoms with Gasteiger partial charge in [-0.25, -0.2) is 9.78 Å². The van der Waals surface area contributed by atoms with Crippen molar-refractivity contribution >= 4 is 11.5 Å². The number of imidazole rings is 1. The highest BCUT2D eigenvalue weighted by Gasteiger charge is 2.25. The summed E-state index contributed by atoms with van der Waals surface area (Å²) in [6.07, 6.45) is 2.92. The van der Waals surface area contributed by atoms with E-state index in [1.807, 2.05) is 29.7 Å². The minimum absolute atomic E-state index is 0.153. The number of aromatic carboxylic acids is 1. The zero-order valence-corrected chi connectivity index (χ0v) is 10.2. The predicted molar refractivity (Wildman–Crippen MR) is 67.1 cm³/mol. The van der Waals surface area contributed by atoms with Crippen LogP contribution in [0.1, 0.15) is 34.2 Å². The van der Waals surface area contributed by atoms with E-state index in [1.165, 1.54) is 0 Å². The number of fused-ring (bicyclic) bond motifs is 1. The quantitative estimate of drug-likeness (QED) is 0.839. The molecule has 1 unspecified atom stereocenters. The molecule has 0 aromatic carbocycles. The monoisotopic (exact) mass is 245 g/mol. The first-order chi connectivity index (χ1) is 8.66. The van der Waals surface area contributed by atoms with Gasteiger partial charge in [0.25, 0.3) is 0 Å². The predicted octanol–water partition coefficient (Wildman–Crippen LogP) is 1.42. The number of hydrogen-bond acceptors (Lipinski definition) is 3. The molecule has 0 aliphatic carbocycles. The molecule has 2 N–H and O–H groups in total. The fraction of sp³-hybridized carbons (Fsp3) is 0.385. The van der Waals surface area contributed by atoms with Crippen LogP contribution in [0, 0.1) is 6.92 Å². The number of carboxylic acid groups (broad SMARTS) is 1. The zero-order valence-electron chi connectivity index (χ0n) is 10.2. The molecule has 5 heteroatoms. The van der Waals surface area contributed by atoms with E-state index >= 15 is 0 Å². The summed E-state index contributed by atoms with van der Waals surface area (Å²) in [7, 11) is 0. The van der Waals surface area contributed by atoms with Crippen molar-refractivity contribution in [3.63, 3.8) is 0 Å². The Balaban J connectivity index is 2.22. The molecule has 1 fully saturated rings. The lowest BCUT2D eigenvalue weighted by molar-refractivity contribution is 0.0693. The number of nitrogens with one attached hydrogen (secondary N) is 1. The van der Waals surface area contributed by atoms with Gasteiger partial charge in [-0.2, -0.15) is 0 Å². The summed E-state index contributed by atoms with van der Waals surface area (Å²) < 4.78 is 1.91. The molecule has 3 heterocycles. The lowest BCUT2D eigenvalue weighted by Crippen LogP contribution is -2.10. The van der Waals surface area contributed by atoms with Gasteiger partial charge in [0, 0.05) is 18.7 Å². The van der Waals surface area contributed by atoms with Crippen LogP contribution in [0.4, 0.5) is 0 Å². The van der Waals surface area contributed by atoms with Crippen molar-refractivity contribution in [2.24, 2.45) is 0 Å². The van der Waals surface area contributed by atoms with Crippen molar-refractivity contribution in [2.45, 2.75) is 19.3 Å². The summed E-state index contributed by atoms with van der Waals surface area (Å²) in [4.78, 5) is 15.6. The first kappa shape index (κ1) is 11.2. The summed E-state index contributed by atoms with van der Waals surface area (Å²) in [5, 5.41) is 12.5. The molecular weight excluding hydrogens is 230 g/mol. The lowest BCUT2D eigenvalue weighted by Gasteiger charge is -2.07. The number of carboxylic acids is 1. The third-order valence-electron chi connectivity index (χ3n) is 3.45. The van der Waals surface area contributed by atoms with Crippen molar-refractivity contribution in [1.82, 2.24) is 14.7 Å². The van der Waals surface area contributed by atoms with E-state index in [-0.39, 0.29) is 5.69 Å². The molecule has 2 aromatic rings. The van der Waals surface area contributed by atoms with Gasteiger partial charge in [0.05, 0.1) is 5.52 Å². The van der Waals surface area contributed by atoms with Gasteiger partial charge in [0.2, 0.25) is 0 Å². The first-order valence-corrected chi connectivity index (χ1v) is 6.09. The summed E-state index contributed by atoms with van der Waals surface area (Å²) in [5.41, 5.74) is 1.88. The summed E-state index contributed by atoms with van der Waals surface area (Å²) in [6.45, 7) is 3.79. The van der Waals surface area contributed by atoms with Gasteiger partial charge < -0.3 is 14.8 Å². The number of aryl methyl sites for hydroxylation is 1. The Morgan fingerprint density at radius 2 is 2.44 bits per heavy atom. The fourth-order valence-electron chi connectivity index (χ4n) is 2.53. The lowest BCUT2D eigenvalue weighted by atomic mass is 10.1. The van der Waals surface area contributed by atoms with E-state index in [4.69, 9.17) is 0 Å². The molecule has 2 aromatic heterocycles. The van der Waals surface area contributed by atoms with Gasteiger partial charge in [0.1, 0.15) is 5.82 Å². The second-order valence-corrected chi connectivity index (χ2v) is 4.77. The van der Waals surface area contributed by atoms with Crippen LogP contribution < -0.4 is 5.32 Å². The highest BCUT2D eigenvalue weighted by atomic mass is 16.4. The Kier molecular flexibility index (Phi) is 2.56. The molecule has 94 valence electrons. The van der Waals surface area contributed by atoms with Crippen LogP contribution in [0.25, 0.3) is 5.52 Å². The minimum Gasteiger partial charge on any atom is -0.476 e. The SMILES string of the molecule is Cc1ccn2c(C3CCNC3)nc(C(=O)O)c2c1. The number of nitrogens with zero attached hydrogens (tertiary/aromatic N) is 2. The third kappa shape index (κ3) is 1.67. The standard InChI is InChI=1S/C13H15N3O2/c1-8-3-5-16-10(6-8)11(13(17)18)15-12(16)9-2-4-14-7-9/h3,5-6,9,14H,2,4,7H2,1H3,(H,17,18). The van der Waals surface area contributed by atoms with Crippen LogP contribution in [0.15, 0.2) is 18.3 Å². The molecule has 0 bridgehead atoms. The third-order valence-corrected chi connectivity index (χ3v) is 3.45. The number of carbonyl (C=O) groups is 1. The molecule has 3 rings (SSSR count). The smallest absolute Gasteiger partial charge is 0.356 e. The maximum Gasteiger partial charge on any atom is 0.356 e. The van der Waals surface area contributed by atoms with E-state index in [0.717, 1.165) is 30.9 Å². The van der Waals surface area contributed by atoms with Gasteiger partial charge in [-0.1, -0.05) is 0 Å². The Labute approximate surface area is 104 Å². The van der Waals surface area contributed by atoms with E-state index in [0.29, 0.717) is 11.4 Å². The number of hydrogen-bond donors (Lipinski definition) is 2. The Morgan fingerprint density at radius 1 is 1.61 bits per heavy atom. The molecule has 18 heavy (non-hydrogen) atoms. The second-order valence-electron chi connectivity index (χ2n) is 4.77. The van der Waals surface area contributed by atoms with E-state index in [2.05, 4.69) is 10.3 Å². The van der Waals surface area contributed by atoms with Crippen LogP contribution >= 0.6 is 0 Å². The van der Waals surface area contributed by atoms with Gasteiger partial charge in [-0.15, -0.1) is 0 Å². The first-order valence-electron chi connectivity index (χ1n) is 6.09. The van der Waals surface area contributed by atoms with E-state index < -0.39 is 5.97 Å². The van der Waals surface area contributed by atoms with Crippen LogP contribution in [0.5, 0.6) is 0 Å². The summed E-state index contributed by atoms with van der Waals surface area (Å²) in [6, 6.07) is 3.86. The van der Waals surface area contributed by atoms with Crippen molar-refractivity contribution in [3.05, 3.63) is 35.4 Å². The fourth-order valence-corrected chi connectivity index (χ4v) is 2.53. The molecule has 1 aliphatic rings. The number of pyridine rings is 1. The molecule has 0 saturated carbocycles. The van der Waals surface area contributed by atoms with Crippen molar-refractivity contribution in [3.8, 4) is 0 Å². The molecule has 1 aliphatic heterocycles. The Bertz CT molecular complexity index is 612. The Morgan fingerprint density at radius 3 is 3.11 bits per heavy atom. The second kappa shape index (κ2) is 4.10. The van der Waals surface area contributed by atoms with Crippen LogP contribution in [0.3, 0.4) is 0 Å². The average molecular weight is 245 g/mol. The summed E-state index contributed by atoms with van der Waals surface area (Å²) >= 11 is 0. The topological polar surface area (TPSA) is 66.6 Å². The highest BCUT2D eigenvalue weighted by Crippen LogP contribution is 2.25. The van der Waals surface area contributed by atoms with E-state index in [1.54, 1.807) is 0 Å². The molecule has 0 radical (unpaired) electrons. The van der Waals surface area contributed by atoms with Crippen LogP contribution in [-0.4, -0.2) is 33.6 Å². The summed E-state index contributed by atoms with van der Waals surface area (Å²) in [5.74, 6) is 0.191. The maximum absolute atomic E-state index is 11.3. The minimum atomic E-state index is -0.963. The molecule has 0 amide bonds. The van der Waals surface area contributed by atoms with Gasteiger partial charge in [-0.3, -0.25) is 0 Å². The molecule has 5 nitrogen and oxygen atoms in total. The maximum atomic E-state index is 11.3. The number of aromatic nitrogens is 2. The van der Waals surface area contributed by atoms with Gasteiger partial charge in [0.15, 0.2) is 5.69 Å². The Hall–Kier alpha value is -1.88. The largest absolute Gasteiger partial charge is 0.476 e. The molecule has 0 spiro atoms. The molecular formula is C13H15N3O2. The van der Waals surface area contributed by atoms with Crippen LogP contribution in [0.2, 0.25) is 0 Å². The van der Waals surface area contributed by atoms with Gasteiger partial charge >= 0.3 is 5.97 Å². The highest BCUT2D eigenvalue weighted by molar-refractivity contribution is 5.93. The normalized spacial score (nSPS) is 19.5. The molecule has 1 saturated heterocycles. The average Bonchev–Trinajstić information content (AvgIpc) is 2.93. The number of rotatable bonds is 2.